The van der Waals surface area contributed by atoms with Crippen molar-refractivity contribution in [1.29, 1.82) is 0 Å². The van der Waals surface area contributed by atoms with E-state index in [0.717, 1.165) is 6.42 Å². The molecule has 0 saturated heterocycles. The maximum atomic E-state index is 11.6. The number of nitrogens with zero attached hydrogens (tertiary/aromatic N) is 3. The van der Waals surface area contributed by atoms with Crippen LogP contribution in [0, 0.1) is 6.92 Å². The molecular formula is C11H17N3O3. The minimum Gasteiger partial charge on any atom is -0.457 e. The Labute approximate surface area is 100 Å². The van der Waals surface area contributed by atoms with E-state index in [2.05, 4.69) is 16.9 Å². The Morgan fingerprint density at radius 2 is 2.35 bits per heavy atom. The molecule has 1 aromatic heterocycles. The molecule has 6 nitrogen and oxygen atoms in total. The van der Waals surface area contributed by atoms with Gasteiger partial charge in [0.15, 0.2) is 5.69 Å². The number of methoxy groups -OCH3 is 1. The van der Waals surface area contributed by atoms with Gasteiger partial charge in [0.2, 0.25) is 0 Å². The standard InChI is InChI=1S/C11H17N3O3/c1-4-7-17-11(15)10-9(2)14(13-12-10)6-5-8-16-3/h4H,1,5-8H2,2-3H3. The largest absolute Gasteiger partial charge is 0.457 e. The van der Waals surface area contributed by atoms with E-state index in [-0.39, 0.29) is 12.3 Å². The van der Waals surface area contributed by atoms with E-state index < -0.39 is 5.97 Å². The Balaban J connectivity index is 2.62. The molecule has 0 aromatic carbocycles. The lowest BCUT2D eigenvalue weighted by Gasteiger charge is -2.03. The molecule has 94 valence electrons. The molecule has 1 heterocycles. The summed E-state index contributed by atoms with van der Waals surface area (Å²) >= 11 is 0. The second-order valence-electron chi connectivity index (χ2n) is 3.48. The Bertz CT molecular complexity index is 387. The van der Waals surface area contributed by atoms with Crippen LogP contribution in [0.4, 0.5) is 0 Å². The van der Waals surface area contributed by atoms with Gasteiger partial charge in [-0.25, -0.2) is 9.48 Å². The van der Waals surface area contributed by atoms with Crippen LogP contribution in [0.3, 0.4) is 0 Å². The topological polar surface area (TPSA) is 66.2 Å². The summed E-state index contributed by atoms with van der Waals surface area (Å²) in [7, 11) is 1.65. The van der Waals surface area contributed by atoms with E-state index in [1.165, 1.54) is 6.08 Å². The number of carbonyl (C=O) groups is 1. The smallest absolute Gasteiger partial charge is 0.361 e. The Kier molecular flexibility index (Phi) is 5.35. The zero-order chi connectivity index (χ0) is 12.7. The van der Waals surface area contributed by atoms with Crippen LogP contribution in [0.1, 0.15) is 22.6 Å². The van der Waals surface area contributed by atoms with E-state index in [4.69, 9.17) is 9.47 Å². The molecule has 0 aliphatic rings. The van der Waals surface area contributed by atoms with Crippen molar-refractivity contribution >= 4 is 5.97 Å². The third-order valence-corrected chi connectivity index (χ3v) is 2.23. The Morgan fingerprint density at radius 3 is 3.00 bits per heavy atom. The highest BCUT2D eigenvalue weighted by Gasteiger charge is 2.17. The van der Waals surface area contributed by atoms with Gasteiger partial charge in [0, 0.05) is 20.3 Å². The van der Waals surface area contributed by atoms with Crippen LogP contribution < -0.4 is 0 Å². The molecule has 0 spiro atoms. The van der Waals surface area contributed by atoms with Gasteiger partial charge in [0.1, 0.15) is 6.61 Å². The zero-order valence-electron chi connectivity index (χ0n) is 10.2. The van der Waals surface area contributed by atoms with Gasteiger partial charge in [0.05, 0.1) is 5.69 Å². The normalized spacial score (nSPS) is 10.2. The van der Waals surface area contributed by atoms with Gasteiger partial charge in [-0.1, -0.05) is 17.9 Å². The van der Waals surface area contributed by atoms with Crippen LogP contribution in [-0.4, -0.2) is 41.3 Å². The third-order valence-electron chi connectivity index (χ3n) is 2.23. The number of esters is 1. The molecule has 0 amide bonds. The van der Waals surface area contributed by atoms with Crippen LogP contribution in [0.25, 0.3) is 0 Å². The fourth-order valence-electron chi connectivity index (χ4n) is 1.32. The molecule has 0 atom stereocenters. The van der Waals surface area contributed by atoms with Gasteiger partial charge < -0.3 is 9.47 Å². The first kappa shape index (κ1) is 13.4. The minimum absolute atomic E-state index is 0.175. The lowest BCUT2D eigenvalue weighted by molar-refractivity contribution is 0.0542. The quantitative estimate of drug-likeness (QED) is 0.403. The van der Waals surface area contributed by atoms with Crippen LogP contribution in [-0.2, 0) is 16.0 Å². The molecule has 1 aromatic rings. The summed E-state index contributed by atoms with van der Waals surface area (Å²) < 4.78 is 11.5. The van der Waals surface area contributed by atoms with Crippen molar-refractivity contribution in [2.75, 3.05) is 20.3 Å². The predicted molar refractivity (Wildman–Crippen MR) is 61.7 cm³/mol. The maximum Gasteiger partial charge on any atom is 0.361 e. The Hall–Kier alpha value is -1.69. The first-order valence-electron chi connectivity index (χ1n) is 5.37. The number of aryl methyl sites for hydroxylation is 1. The summed E-state index contributed by atoms with van der Waals surface area (Å²) in [6, 6.07) is 0. The highest BCUT2D eigenvalue weighted by molar-refractivity contribution is 5.88. The molecule has 0 bridgehead atoms. The molecular weight excluding hydrogens is 222 g/mol. The molecule has 0 saturated carbocycles. The number of carbonyl (C=O) groups excluding carboxylic acids is 1. The van der Waals surface area contributed by atoms with Gasteiger partial charge >= 0.3 is 5.97 Å². The molecule has 17 heavy (non-hydrogen) atoms. The second-order valence-corrected chi connectivity index (χ2v) is 3.48. The minimum atomic E-state index is -0.472. The van der Waals surface area contributed by atoms with Crippen LogP contribution >= 0.6 is 0 Å². The summed E-state index contributed by atoms with van der Waals surface area (Å²) in [6.07, 6.45) is 2.33. The van der Waals surface area contributed by atoms with Crippen molar-refractivity contribution in [3.05, 3.63) is 24.0 Å². The monoisotopic (exact) mass is 239 g/mol. The molecule has 0 N–H and O–H groups in total. The van der Waals surface area contributed by atoms with Crippen molar-refractivity contribution in [3.63, 3.8) is 0 Å². The Morgan fingerprint density at radius 1 is 1.59 bits per heavy atom. The molecule has 0 aliphatic heterocycles. The maximum absolute atomic E-state index is 11.6. The number of rotatable bonds is 7. The van der Waals surface area contributed by atoms with Crippen LogP contribution in [0.2, 0.25) is 0 Å². The number of aromatic nitrogens is 3. The van der Waals surface area contributed by atoms with Gasteiger partial charge in [-0.2, -0.15) is 0 Å². The SMILES string of the molecule is C=CCOC(=O)c1nnn(CCCOC)c1C. The average Bonchev–Trinajstić information content (AvgIpc) is 2.68. The summed E-state index contributed by atoms with van der Waals surface area (Å²) in [5.41, 5.74) is 0.958. The summed E-state index contributed by atoms with van der Waals surface area (Å²) in [5, 5.41) is 7.71. The fourth-order valence-corrected chi connectivity index (χ4v) is 1.32. The van der Waals surface area contributed by atoms with Gasteiger partial charge in [-0.05, 0) is 13.3 Å². The molecule has 1 rings (SSSR count). The predicted octanol–water partition coefficient (Wildman–Crippen LogP) is 0.966. The van der Waals surface area contributed by atoms with Gasteiger partial charge in [0.25, 0.3) is 0 Å². The third kappa shape index (κ3) is 3.67. The zero-order valence-corrected chi connectivity index (χ0v) is 10.2. The molecule has 0 aliphatic carbocycles. The molecule has 6 heteroatoms. The highest BCUT2D eigenvalue weighted by atomic mass is 16.5. The first-order chi connectivity index (χ1) is 8.20. The molecule has 0 unspecified atom stereocenters. The molecule has 0 fully saturated rings. The fraction of sp³-hybridized carbons (Fsp3) is 0.545. The van der Waals surface area contributed by atoms with Gasteiger partial charge in [-0.3, -0.25) is 0 Å². The van der Waals surface area contributed by atoms with Crippen LogP contribution in [0.15, 0.2) is 12.7 Å². The highest BCUT2D eigenvalue weighted by Crippen LogP contribution is 2.06. The van der Waals surface area contributed by atoms with Crippen molar-refractivity contribution in [2.45, 2.75) is 19.9 Å². The van der Waals surface area contributed by atoms with Crippen molar-refractivity contribution in [3.8, 4) is 0 Å². The van der Waals surface area contributed by atoms with Crippen molar-refractivity contribution < 1.29 is 14.3 Å². The number of hydrogen-bond acceptors (Lipinski definition) is 5. The van der Waals surface area contributed by atoms with Gasteiger partial charge in [-0.15, -0.1) is 5.10 Å². The van der Waals surface area contributed by atoms with Crippen LogP contribution in [0.5, 0.6) is 0 Å². The van der Waals surface area contributed by atoms with E-state index >= 15 is 0 Å². The summed E-state index contributed by atoms with van der Waals surface area (Å²) in [5.74, 6) is -0.472. The summed E-state index contributed by atoms with van der Waals surface area (Å²) in [6.45, 7) is 6.75. The van der Waals surface area contributed by atoms with Crippen molar-refractivity contribution in [2.24, 2.45) is 0 Å². The number of ether oxygens (including phenoxy) is 2. The molecule has 0 radical (unpaired) electrons. The second kappa shape index (κ2) is 6.80. The number of hydrogen-bond donors (Lipinski definition) is 0. The van der Waals surface area contributed by atoms with Crippen molar-refractivity contribution in [1.82, 2.24) is 15.0 Å². The summed E-state index contributed by atoms with van der Waals surface area (Å²) in [4.78, 5) is 11.6. The first-order valence-corrected chi connectivity index (χ1v) is 5.37. The lowest BCUT2D eigenvalue weighted by Crippen LogP contribution is -2.09. The van der Waals surface area contributed by atoms with E-state index in [1.54, 1.807) is 18.7 Å². The van der Waals surface area contributed by atoms with E-state index in [1.807, 2.05) is 0 Å². The van der Waals surface area contributed by atoms with E-state index in [0.29, 0.717) is 18.8 Å². The lowest BCUT2D eigenvalue weighted by atomic mass is 10.3. The average molecular weight is 239 g/mol. The van der Waals surface area contributed by atoms with E-state index in [9.17, 15) is 4.79 Å².